The SMILES string of the molecule is O=C1c2ccccc2OC(c2ccc(Cl)cc2)C1c1ccccc1. The van der Waals surface area contributed by atoms with Crippen molar-refractivity contribution in [3.63, 3.8) is 0 Å². The second kappa shape index (κ2) is 6.14. The predicted molar refractivity (Wildman–Crippen MR) is 94.8 cm³/mol. The first kappa shape index (κ1) is 15.0. The molecule has 0 N–H and O–H groups in total. The molecule has 24 heavy (non-hydrogen) atoms. The molecule has 0 amide bonds. The van der Waals surface area contributed by atoms with Crippen molar-refractivity contribution < 1.29 is 9.53 Å². The molecule has 0 radical (unpaired) electrons. The minimum absolute atomic E-state index is 0.0861. The van der Waals surface area contributed by atoms with Gasteiger partial charge in [-0.1, -0.05) is 66.2 Å². The third-order valence-corrected chi connectivity index (χ3v) is 4.60. The fourth-order valence-corrected chi connectivity index (χ4v) is 3.31. The Morgan fingerprint density at radius 2 is 1.42 bits per heavy atom. The van der Waals surface area contributed by atoms with Gasteiger partial charge in [-0.2, -0.15) is 0 Å². The average Bonchev–Trinajstić information content (AvgIpc) is 2.63. The number of carbonyl (C=O) groups is 1. The summed E-state index contributed by atoms with van der Waals surface area (Å²) in [7, 11) is 0. The van der Waals surface area contributed by atoms with Crippen LogP contribution < -0.4 is 4.74 Å². The summed E-state index contributed by atoms with van der Waals surface area (Å²) < 4.78 is 6.23. The number of hydrogen-bond acceptors (Lipinski definition) is 2. The molecule has 118 valence electrons. The molecule has 0 saturated carbocycles. The van der Waals surface area contributed by atoms with Crippen LogP contribution in [0.25, 0.3) is 0 Å². The second-order valence-corrected chi connectivity index (χ2v) is 6.28. The van der Waals surface area contributed by atoms with E-state index in [1.807, 2.05) is 78.9 Å². The van der Waals surface area contributed by atoms with Gasteiger partial charge in [0, 0.05) is 5.02 Å². The lowest BCUT2D eigenvalue weighted by molar-refractivity contribution is 0.0782. The molecule has 0 bridgehead atoms. The van der Waals surface area contributed by atoms with Gasteiger partial charge in [0.15, 0.2) is 5.78 Å². The number of carbonyl (C=O) groups excluding carboxylic acids is 1. The molecule has 0 saturated heterocycles. The van der Waals surface area contributed by atoms with E-state index < -0.39 is 0 Å². The number of ether oxygens (including phenoxy) is 1. The molecule has 3 aromatic carbocycles. The van der Waals surface area contributed by atoms with Crippen molar-refractivity contribution in [2.24, 2.45) is 0 Å². The van der Waals surface area contributed by atoms with Crippen LogP contribution in [0.15, 0.2) is 78.9 Å². The van der Waals surface area contributed by atoms with Crippen molar-refractivity contribution in [3.05, 3.63) is 101 Å². The third kappa shape index (κ3) is 2.59. The number of ketones is 1. The number of fused-ring (bicyclic) bond motifs is 1. The summed E-state index contributed by atoms with van der Waals surface area (Å²) in [5.41, 5.74) is 2.53. The van der Waals surface area contributed by atoms with Crippen LogP contribution in [0, 0.1) is 0 Å². The molecule has 2 atom stereocenters. The van der Waals surface area contributed by atoms with E-state index in [4.69, 9.17) is 16.3 Å². The van der Waals surface area contributed by atoms with E-state index in [0.717, 1.165) is 11.1 Å². The highest BCUT2D eigenvalue weighted by molar-refractivity contribution is 6.30. The quantitative estimate of drug-likeness (QED) is 0.623. The topological polar surface area (TPSA) is 26.3 Å². The molecule has 3 aromatic rings. The van der Waals surface area contributed by atoms with Gasteiger partial charge in [-0.05, 0) is 35.4 Å². The summed E-state index contributed by atoms with van der Waals surface area (Å²) in [5, 5.41) is 0.664. The molecule has 3 heteroatoms. The first-order chi connectivity index (χ1) is 11.7. The van der Waals surface area contributed by atoms with Crippen molar-refractivity contribution in [2.45, 2.75) is 12.0 Å². The monoisotopic (exact) mass is 334 g/mol. The zero-order valence-corrected chi connectivity index (χ0v) is 13.6. The van der Waals surface area contributed by atoms with E-state index in [-0.39, 0.29) is 17.8 Å². The Morgan fingerprint density at radius 1 is 0.750 bits per heavy atom. The van der Waals surface area contributed by atoms with Gasteiger partial charge in [0.25, 0.3) is 0 Å². The minimum atomic E-state index is -0.373. The number of Topliss-reactive ketones (excluding diaryl/α,β-unsaturated/α-hetero) is 1. The molecule has 0 aliphatic carbocycles. The van der Waals surface area contributed by atoms with Gasteiger partial charge < -0.3 is 4.74 Å². The van der Waals surface area contributed by atoms with E-state index in [1.54, 1.807) is 0 Å². The molecule has 0 aromatic heterocycles. The molecule has 1 aliphatic heterocycles. The number of hydrogen-bond donors (Lipinski definition) is 0. The van der Waals surface area contributed by atoms with Gasteiger partial charge in [-0.25, -0.2) is 0 Å². The van der Waals surface area contributed by atoms with Crippen LogP contribution in [-0.4, -0.2) is 5.78 Å². The summed E-state index contributed by atoms with van der Waals surface area (Å²) in [4.78, 5) is 13.2. The largest absolute Gasteiger partial charge is 0.484 e. The van der Waals surface area contributed by atoms with Crippen molar-refractivity contribution in [3.8, 4) is 5.75 Å². The maximum Gasteiger partial charge on any atom is 0.178 e. The highest BCUT2D eigenvalue weighted by Crippen LogP contribution is 2.43. The molecule has 0 fully saturated rings. The molecule has 2 unspecified atom stereocenters. The Kier molecular flexibility index (Phi) is 3.83. The van der Waals surface area contributed by atoms with Gasteiger partial charge >= 0.3 is 0 Å². The van der Waals surface area contributed by atoms with Gasteiger partial charge in [-0.3, -0.25) is 4.79 Å². The molecule has 0 spiro atoms. The normalized spacial score (nSPS) is 19.5. The fraction of sp³-hybridized carbons (Fsp3) is 0.0952. The van der Waals surface area contributed by atoms with Crippen molar-refractivity contribution in [1.29, 1.82) is 0 Å². The van der Waals surface area contributed by atoms with Crippen LogP contribution in [-0.2, 0) is 0 Å². The molecule has 2 nitrogen and oxygen atoms in total. The van der Waals surface area contributed by atoms with Crippen molar-refractivity contribution in [2.75, 3.05) is 0 Å². The number of halogens is 1. The standard InChI is InChI=1S/C21H15ClO2/c22-16-12-10-15(11-13-16)21-19(14-6-2-1-3-7-14)20(23)17-8-4-5-9-18(17)24-21/h1-13,19,21H. The maximum atomic E-state index is 13.2. The summed E-state index contributed by atoms with van der Waals surface area (Å²) in [6, 6.07) is 24.7. The zero-order chi connectivity index (χ0) is 16.5. The highest BCUT2D eigenvalue weighted by Gasteiger charge is 2.38. The lowest BCUT2D eigenvalue weighted by Crippen LogP contribution is -2.29. The first-order valence-corrected chi connectivity index (χ1v) is 8.22. The van der Waals surface area contributed by atoms with Crippen molar-refractivity contribution in [1.82, 2.24) is 0 Å². The molecular formula is C21H15ClO2. The third-order valence-electron chi connectivity index (χ3n) is 4.35. The lowest BCUT2D eigenvalue weighted by atomic mass is 9.81. The van der Waals surface area contributed by atoms with Crippen LogP contribution in [0.2, 0.25) is 5.02 Å². The van der Waals surface area contributed by atoms with E-state index in [0.29, 0.717) is 16.3 Å². The lowest BCUT2D eigenvalue weighted by Gasteiger charge is -2.33. The van der Waals surface area contributed by atoms with Gasteiger partial charge in [0.2, 0.25) is 0 Å². The molecule has 4 rings (SSSR count). The van der Waals surface area contributed by atoms with Crippen LogP contribution in [0.5, 0.6) is 5.75 Å². The van der Waals surface area contributed by atoms with E-state index in [9.17, 15) is 4.79 Å². The number of rotatable bonds is 2. The van der Waals surface area contributed by atoms with E-state index in [2.05, 4.69) is 0 Å². The maximum absolute atomic E-state index is 13.2. The van der Waals surface area contributed by atoms with Gasteiger partial charge in [-0.15, -0.1) is 0 Å². The van der Waals surface area contributed by atoms with Gasteiger partial charge in [0.1, 0.15) is 11.9 Å². The first-order valence-electron chi connectivity index (χ1n) is 7.84. The Hall–Kier alpha value is -2.58. The minimum Gasteiger partial charge on any atom is -0.484 e. The molecule has 1 aliphatic rings. The Bertz CT molecular complexity index is 872. The summed E-state index contributed by atoms with van der Waals surface area (Å²) >= 11 is 6.01. The highest BCUT2D eigenvalue weighted by atomic mass is 35.5. The van der Waals surface area contributed by atoms with Crippen LogP contribution in [0.4, 0.5) is 0 Å². The zero-order valence-electron chi connectivity index (χ0n) is 12.9. The van der Waals surface area contributed by atoms with Gasteiger partial charge in [0.05, 0.1) is 11.5 Å². The molecule has 1 heterocycles. The number of para-hydroxylation sites is 1. The van der Waals surface area contributed by atoms with Crippen molar-refractivity contribution >= 4 is 17.4 Å². The Balaban J connectivity index is 1.86. The predicted octanol–water partition coefficient (Wildman–Crippen LogP) is 5.44. The molecular weight excluding hydrogens is 320 g/mol. The van der Waals surface area contributed by atoms with Crippen LogP contribution in [0.1, 0.15) is 33.5 Å². The summed E-state index contributed by atoms with van der Waals surface area (Å²) in [6.45, 7) is 0. The Labute approximate surface area is 145 Å². The van der Waals surface area contributed by atoms with E-state index in [1.165, 1.54) is 0 Å². The van der Waals surface area contributed by atoms with E-state index >= 15 is 0 Å². The second-order valence-electron chi connectivity index (χ2n) is 5.84. The number of benzene rings is 3. The summed E-state index contributed by atoms with van der Waals surface area (Å²) in [6.07, 6.45) is -0.368. The average molecular weight is 335 g/mol. The van der Waals surface area contributed by atoms with Crippen LogP contribution >= 0.6 is 11.6 Å². The fourth-order valence-electron chi connectivity index (χ4n) is 3.18. The summed E-state index contributed by atoms with van der Waals surface area (Å²) in [5.74, 6) is 0.347. The smallest absolute Gasteiger partial charge is 0.178 e. The van der Waals surface area contributed by atoms with Crippen LogP contribution in [0.3, 0.4) is 0 Å². The Morgan fingerprint density at radius 3 is 2.17 bits per heavy atom.